The lowest BCUT2D eigenvalue weighted by Crippen LogP contribution is -2.40. The lowest BCUT2D eigenvalue weighted by molar-refractivity contribution is -0.124. The Balaban J connectivity index is 1.54. The van der Waals surface area contributed by atoms with Gasteiger partial charge in [-0.1, -0.05) is 91.2 Å². The van der Waals surface area contributed by atoms with Gasteiger partial charge < -0.3 is 4.90 Å². The van der Waals surface area contributed by atoms with Crippen molar-refractivity contribution < 1.29 is 9.59 Å². The highest BCUT2D eigenvalue weighted by Gasteiger charge is 2.44. The molecule has 0 radical (unpaired) electrons. The molecule has 2 amide bonds. The molecule has 2 aromatic carbocycles. The number of fused-ring (bicyclic) bond motifs is 1. The van der Waals surface area contributed by atoms with Crippen molar-refractivity contribution in [2.45, 2.75) is 44.7 Å². The van der Waals surface area contributed by atoms with Crippen LogP contribution < -0.4 is 4.90 Å². The molecule has 7 heteroatoms. The molecule has 5 rings (SSSR count). The van der Waals surface area contributed by atoms with Crippen molar-refractivity contribution in [3.05, 3.63) is 69.6 Å². The molecule has 1 aliphatic carbocycles. The SMILES string of the molecule is O=C1/C(=C2\SC(=S)N(C3CCCCC3)C2=O)c2ccccc2N1Cc1ccccc1Cl. The van der Waals surface area contributed by atoms with Crippen LogP contribution in [0.3, 0.4) is 0 Å². The van der Waals surface area contributed by atoms with Crippen molar-refractivity contribution in [2.24, 2.45) is 0 Å². The summed E-state index contributed by atoms with van der Waals surface area (Å²) in [4.78, 5) is 31.0. The van der Waals surface area contributed by atoms with E-state index in [0.717, 1.165) is 42.5 Å². The van der Waals surface area contributed by atoms with Crippen LogP contribution in [0, 0.1) is 0 Å². The van der Waals surface area contributed by atoms with Gasteiger partial charge in [-0.05, 0) is 30.5 Å². The van der Waals surface area contributed by atoms with Crippen LogP contribution in [-0.2, 0) is 16.1 Å². The summed E-state index contributed by atoms with van der Waals surface area (Å²) in [6, 6.07) is 15.3. The Morgan fingerprint density at radius 3 is 2.45 bits per heavy atom. The zero-order valence-corrected chi connectivity index (χ0v) is 19.2. The van der Waals surface area contributed by atoms with Gasteiger partial charge in [0.2, 0.25) is 0 Å². The molecule has 0 bridgehead atoms. The largest absolute Gasteiger partial charge is 0.303 e. The summed E-state index contributed by atoms with van der Waals surface area (Å²) in [5.74, 6) is -0.301. The number of nitrogens with zero attached hydrogens (tertiary/aromatic N) is 2. The summed E-state index contributed by atoms with van der Waals surface area (Å²) in [5, 5.41) is 0.616. The number of carbonyl (C=O) groups excluding carboxylic acids is 2. The number of halogens is 1. The van der Waals surface area contributed by atoms with Crippen molar-refractivity contribution in [1.29, 1.82) is 0 Å². The van der Waals surface area contributed by atoms with E-state index in [1.807, 2.05) is 48.5 Å². The third-order valence-corrected chi connectivity index (χ3v) is 7.95. The quantitative estimate of drug-likeness (QED) is 0.422. The molecule has 1 saturated heterocycles. The predicted octanol–water partition coefficient (Wildman–Crippen LogP) is 5.79. The standard InChI is InChI=1S/C24H21ClN2O2S2/c25-18-12-6-4-8-15(18)14-26-19-13-7-5-11-17(19)20(22(26)28)21-23(29)27(24(30)31-21)16-9-2-1-3-10-16/h4-8,11-13,16H,1-3,9-10,14H2/b21-20-. The van der Waals surface area contributed by atoms with Gasteiger partial charge in [0.05, 0.1) is 22.7 Å². The molecule has 0 aromatic heterocycles. The summed E-state index contributed by atoms with van der Waals surface area (Å²) in [7, 11) is 0. The molecule has 158 valence electrons. The molecule has 2 fully saturated rings. The summed E-state index contributed by atoms with van der Waals surface area (Å²) < 4.78 is 0.564. The zero-order valence-electron chi connectivity index (χ0n) is 16.8. The van der Waals surface area contributed by atoms with Crippen LogP contribution in [0.5, 0.6) is 0 Å². The highest BCUT2D eigenvalue weighted by atomic mass is 35.5. The lowest BCUT2D eigenvalue weighted by atomic mass is 9.94. The first kappa shape index (κ1) is 20.7. The molecule has 31 heavy (non-hydrogen) atoms. The van der Waals surface area contributed by atoms with Gasteiger partial charge in [-0.3, -0.25) is 14.5 Å². The number of thiocarbonyl (C=S) groups is 1. The van der Waals surface area contributed by atoms with Crippen molar-refractivity contribution in [3.63, 3.8) is 0 Å². The van der Waals surface area contributed by atoms with Gasteiger partial charge in [-0.15, -0.1) is 0 Å². The number of rotatable bonds is 3. The third-order valence-electron chi connectivity index (χ3n) is 6.18. The summed E-state index contributed by atoms with van der Waals surface area (Å²) in [5.41, 5.74) is 2.90. The number of hydrogen-bond acceptors (Lipinski definition) is 4. The Hall–Kier alpha value is -2.15. The van der Waals surface area contributed by atoms with E-state index in [1.165, 1.54) is 18.2 Å². The smallest absolute Gasteiger partial charge is 0.267 e. The molecule has 0 atom stereocenters. The number of para-hydroxylation sites is 1. The average Bonchev–Trinajstić information content (AvgIpc) is 3.22. The minimum atomic E-state index is -0.176. The second-order valence-electron chi connectivity index (χ2n) is 8.04. The van der Waals surface area contributed by atoms with Crippen LogP contribution in [-0.4, -0.2) is 27.1 Å². The Kier molecular flexibility index (Phi) is 5.63. The maximum Gasteiger partial charge on any atom is 0.267 e. The van der Waals surface area contributed by atoms with Crippen molar-refractivity contribution in [2.75, 3.05) is 4.90 Å². The van der Waals surface area contributed by atoms with Gasteiger partial charge in [-0.25, -0.2) is 0 Å². The summed E-state index contributed by atoms with van der Waals surface area (Å²) in [6.45, 7) is 0.349. The molecule has 1 saturated carbocycles. The Labute approximate surface area is 196 Å². The fraction of sp³-hybridized carbons (Fsp3) is 0.292. The van der Waals surface area contributed by atoms with E-state index >= 15 is 0 Å². The first-order chi connectivity index (χ1) is 15.1. The van der Waals surface area contributed by atoms with Crippen LogP contribution in [0.4, 0.5) is 5.69 Å². The highest BCUT2D eigenvalue weighted by molar-refractivity contribution is 8.26. The highest BCUT2D eigenvalue weighted by Crippen LogP contribution is 2.46. The number of hydrogen-bond donors (Lipinski definition) is 0. The number of benzene rings is 2. The van der Waals surface area contributed by atoms with E-state index in [2.05, 4.69) is 0 Å². The zero-order chi connectivity index (χ0) is 21.5. The number of anilines is 1. The van der Waals surface area contributed by atoms with Crippen LogP contribution in [0.1, 0.15) is 43.2 Å². The maximum atomic E-state index is 13.6. The Morgan fingerprint density at radius 1 is 0.968 bits per heavy atom. The fourth-order valence-corrected chi connectivity index (χ4v) is 6.31. The van der Waals surface area contributed by atoms with Crippen LogP contribution in [0.25, 0.3) is 5.57 Å². The maximum absolute atomic E-state index is 13.6. The van der Waals surface area contributed by atoms with E-state index in [0.29, 0.717) is 26.4 Å². The molecule has 2 aromatic rings. The van der Waals surface area contributed by atoms with Crippen LogP contribution in [0.2, 0.25) is 5.02 Å². The average molecular weight is 469 g/mol. The van der Waals surface area contributed by atoms with Gasteiger partial charge >= 0.3 is 0 Å². The molecular weight excluding hydrogens is 448 g/mol. The summed E-state index contributed by atoms with van der Waals surface area (Å²) >= 11 is 13.2. The second kappa shape index (κ2) is 8.41. The molecule has 0 spiro atoms. The molecular formula is C24H21ClN2O2S2. The van der Waals surface area contributed by atoms with Crippen molar-refractivity contribution in [1.82, 2.24) is 4.90 Å². The van der Waals surface area contributed by atoms with Crippen LogP contribution >= 0.6 is 35.6 Å². The van der Waals surface area contributed by atoms with Gasteiger partial charge in [0.15, 0.2) is 0 Å². The summed E-state index contributed by atoms with van der Waals surface area (Å²) in [6.07, 6.45) is 5.37. The monoisotopic (exact) mass is 468 g/mol. The molecule has 4 nitrogen and oxygen atoms in total. The molecule has 2 heterocycles. The molecule has 0 N–H and O–H groups in total. The van der Waals surface area contributed by atoms with E-state index in [4.69, 9.17) is 23.8 Å². The van der Waals surface area contributed by atoms with E-state index < -0.39 is 0 Å². The fourth-order valence-electron chi connectivity index (χ4n) is 4.64. The first-order valence-electron chi connectivity index (χ1n) is 10.5. The molecule has 2 aliphatic heterocycles. The van der Waals surface area contributed by atoms with Crippen LogP contribution in [0.15, 0.2) is 53.4 Å². The van der Waals surface area contributed by atoms with E-state index in [1.54, 1.807) is 9.80 Å². The minimum absolute atomic E-state index is 0.125. The molecule has 0 unspecified atom stereocenters. The third kappa shape index (κ3) is 3.60. The van der Waals surface area contributed by atoms with Gasteiger partial charge in [0.1, 0.15) is 4.32 Å². The van der Waals surface area contributed by atoms with Gasteiger partial charge in [0, 0.05) is 16.6 Å². The predicted molar refractivity (Wildman–Crippen MR) is 130 cm³/mol. The number of thioether (sulfide) groups is 1. The van der Waals surface area contributed by atoms with Crippen molar-refractivity contribution in [3.8, 4) is 0 Å². The first-order valence-corrected chi connectivity index (χ1v) is 12.1. The minimum Gasteiger partial charge on any atom is -0.303 e. The van der Waals surface area contributed by atoms with Gasteiger partial charge in [0.25, 0.3) is 11.8 Å². The second-order valence-corrected chi connectivity index (χ2v) is 10.1. The molecule has 3 aliphatic rings. The van der Waals surface area contributed by atoms with E-state index in [9.17, 15) is 9.59 Å². The normalized spacial score (nSPS) is 21.9. The topological polar surface area (TPSA) is 40.6 Å². The van der Waals surface area contributed by atoms with E-state index in [-0.39, 0.29) is 17.9 Å². The Morgan fingerprint density at radius 2 is 1.68 bits per heavy atom. The number of carbonyl (C=O) groups is 2. The van der Waals surface area contributed by atoms with Crippen molar-refractivity contribution >= 4 is 63.0 Å². The Bertz CT molecular complexity index is 1120. The number of amides is 2. The van der Waals surface area contributed by atoms with Gasteiger partial charge in [-0.2, -0.15) is 0 Å². The lowest BCUT2D eigenvalue weighted by Gasteiger charge is -2.29.